The van der Waals surface area contributed by atoms with E-state index in [2.05, 4.69) is 5.32 Å². The molecule has 6 heteroatoms. The maximum absolute atomic E-state index is 12.3. The molecule has 2 rings (SSSR count). The molecular formula is C20H19NO5. The molecule has 0 heterocycles. The van der Waals surface area contributed by atoms with Gasteiger partial charge in [0, 0.05) is 12.1 Å². The Labute approximate surface area is 150 Å². The number of phenolic OH excluding ortho intramolecular Hbond substituents is 1. The number of ketones is 1. The molecule has 1 amide bonds. The highest BCUT2D eigenvalue weighted by Gasteiger charge is 2.11. The van der Waals surface area contributed by atoms with Crippen molar-refractivity contribution in [1.82, 2.24) is 0 Å². The summed E-state index contributed by atoms with van der Waals surface area (Å²) in [6, 6.07) is 10.3. The molecule has 0 spiro atoms. The fourth-order valence-corrected chi connectivity index (χ4v) is 2.26. The van der Waals surface area contributed by atoms with Crippen LogP contribution in [0.25, 0.3) is 6.08 Å². The van der Waals surface area contributed by atoms with E-state index in [1.165, 1.54) is 42.5 Å². The number of hydrogen-bond acceptors (Lipinski definition) is 4. The Bertz CT molecular complexity index is 853. The van der Waals surface area contributed by atoms with Crippen LogP contribution in [0.4, 0.5) is 5.69 Å². The van der Waals surface area contributed by atoms with Gasteiger partial charge >= 0.3 is 5.97 Å². The summed E-state index contributed by atoms with van der Waals surface area (Å²) in [5.41, 5.74) is 1.30. The molecule has 0 saturated heterocycles. The van der Waals surface area contributed by atoms with Gasteiger partial charge in [-0.2, -0.15) is 0 Å². The maximum Gasteiger partial charge on any atom is 0.335 e. The first-order chi connectivity index (χ1) is 12.4. The Morgan fingerprint density at radius 2 is 1.77 bits per heavy atom. The van der Waals surface area contributed by atoms with E-state index in [1.807, 2.05) is 6.92 Å². The van der Waals surface area contributed by atoms with Crippen LogP contribution in [0.3, 0.4) is 0 Å². The summed E-state index contributed by atoms with van der Waals surface area (Å²) in [6.45, 7) is 1.89. The first kappa shape index (κ1) is 18.9. The number of carbonyl (C=O) groups is 3. The largest absolute Gasteiger partial charge is 0.507 e. The Hall–Kier alpha value is -3.41. The van der Waals surface area contributed by atoms with E-state index in [0.29, 0.717) is 24.1 Å². The summed E-state index contributed by atoms with van der Waals surface area (Å²) in [5, 5.41) is 21.4. The Morgan fingerprint density at radius 1 is 1.08 bits per heavy atom. The van der Waals surface area contributed by atoms with Gasteiger partial charge in [0.15, 0.2) is 5.78 Å². The summed E-state index contributed by atoms with van der Waals surface area (Å²) in [4.78, 5) is 34.8. The van der Waals surface area contributed by atoms with Gasteiger partial charge in [0.2, 0.25) is 5.91 Å². The fourth-order valence-electron chi connectivity index (χ4n) is 2.26. The van der Waals surface area contributed by atoms with Crippen LogP contribution >= 0.6 is 0 Å². The molecule has 0 saturated carbocycles. The molecule has 26 heavy (non-hydrogen) atoms. The van der Waals surface area contributed by atoms with Gasteiger partial charge in [0.05, 0.1) is 11.1 Å². The molecule has 0 atom stereocenters. The number of carboxylic acid groups (broad SMARTS) is 1. The van der Waals surface area contributed by atoms with Crippen LogP contribution in [-0.4, -0.2) is 27.9 Å². The summed E-state index contributed by atoms with van der Waals surface area (Å²) in [6.07, 6.45) is 3.88. The lowest BCUT2D eigenvalue weighted by Gasteiger charge is -2.07. The third-order valence-electron chi connectivity index (χ3n) is 3.61. The number of rotatable bonds is 7. The predicted molar refractivity (Wildman–Crippen MR) is 98.4 cm³/mol. The lowest BCUT2D eigenvalue weighted by molar-refractivity contribution is -0.116. The van der Waals surface area contributed by atoms with Gasteiger partial charge in [-0.1, -0.05) is 25.1 Å². The van der Waals surface area contributed by atoms with Gasteiger partial charge in [-0.25, -0.2) is 4.79 Å². The van der Waals surface area contributed by atoms with E-state index in [4.69, 9.17) is 5.11 Å². The van der Waals surface area contributed by atoms with Crippen LogP contribution < -0.4 is 5.32 Å². The number of carboxylic acids is 1. The average Bonchev–Trinajstić information content (AvgIpc) is 2.61. The molecule has 0 unspecified atom stereocenters. The van der Waals surface area contributed by atoms with E-state index >= 15 is 0 Å². The summed E-state index contributed by atoms with van der Waals surface area (Å²) in [5.74, 6) is -1.81. The first-order valence-electron chi connectivity index (χ1n) is 8.09. The quantitative estimate of drug-likeness (QED) is 0.400. The lowest BCUT2D eigenvalue weighted by atomic mass is 10.1. The van der Waals surface area contributed by atoms with Crippen molar-refractivity contribution >= 4 is 29.4 Å². The molecule has 0 fully saturated rings. The minimum atomic E-state index is -1.02. The molecule has 0 radical (unpaired) electrons. The molecule has 3 N–H and O–H groups in total. The van der Waals surface area contributed by atoms with Crippen molar-refractivity contribution in [3.8, 4) is 5.75 Å². The number of aromatic hydroxyl groups is 1. The highest BCUT2D eigenvalue weighted by atomic mass is 16.4. The van der Waals surface area contributed by atoms with Crippen LogP contribution in [0.5, 0.6) is 5.75 Å². The van der Waals surface area contributed by atoms with E-state index in [9.17, 15) is 19.5 Å². The summed E-state index contributed by atoms with van der Waals surface area (Å²) < 4.78 is 0. The predicted octanol–water partition coefficient (Wildman–Crippen LogP) is 3.73. The van der Waals surface area contributed by atoms with Crippen LogP contribution in [0, 0.1) is 0 Å². The number of anilines is 1. The third kappa shape index (κ3) is 5.04. The number of carbonyl (C=O) groups excluding carboxylic acids is 2. The van der Waals surface area contributed by atoms with Crippen molar-refractivity contribution in [2.24, 2.45) is 0 Å². The molecular weight excluding hydrogens is 334 g/mol. The number of phenols is 1. The third-order valence-corrected chi connectivity index (χ3v) is 3.61. The van der Waals surface area contributed by atoms with Gasteiger partial charge in [0.1, 0.15) is 5.75 Å². The first-order valence-corrected chi connectivity index (χ1v) is 8.09. The Morgan fingerprint density at radius 3 is 2.38 bits per heavy atom. The van der Waals surface area contributed by atoms with Gasteiger partial charge in [-0.15, -0.1) is 0 Å². The van der Waals surface area contributed by atoms with E-state index < -0.39 is 11.8 Å². The standard InChI is InChI=1S/C20H19NO5/c1-2-3-19(24)21-15-9-11-18(23)16(12-15)17(22)10-6-13-4-7-14(8-5-13)20(25)26/h4-12,23H,2-3H2,1H3,(H,21,24)(H,25,26). The van der Waals surface area contributed by atoms with E-state index in [-0.39, 0.29) is 22.8 Å². The Kier molecular flexibility index (Phi) is 6.27. The summed E-state index contributed by atoms with van der Waals surface area (Å²) in [7, 11) is 0. The van der Waals surface area contributed by atoms with E-state index in [1.54, 1.807) is 12.1 Å². The zero-order chi connectivity index (χ0) is 19.1. The molecule has 2 aromatic rings. The van der Waals surface area contributed by atoms with Crippen molar-refractivity contribution < 1.29 is 24.6 Å². The molecule has 0 aromatic heterocycles. The molecule has 6 nitrogen and oxygen atoms in total. The number of aromatic carboxylic acids is 1. The normalized spacial score (nSPS) is 10.7. The van der Waals surface area contributed by atoms with Crippen molar-refractivity contribution in [2.75, 3.05) is 5.32 Å². The molecule has 0 aliphatic carbocycles. The van der Waals surface area contributed by atoms with Crippen LogP contribution in [0.15, 0.2) is 48.5 Å². The van der Waals surface area contributed by atoms with Crippen molar-refractivity contribution in [3.05, 3.63) is 65.2 Å². The fraction of sp³-hybridized carbons (Fsp3) is 0.150. The average molecular weight is 353 g/mol. The monoisotopic (exact) mass is 353 g/mol. The molecule has 0 aliphatic heterocycles. The molecule has 0 aliphatic rings. The minimum absolute atomic E-state index is 0.0673. The molecule has 134 valence electrons. The van der Waals surface area contributed by atoms with Crippen LogP contribution in [0.1, 0.15) is 46.0 Å². The smallest absolute Gasteiger partial charge is 0.335 e. The van der Waals surface area contributed by atoms with Crippen LogP contribution in [-0.2, 0) is 4.79 Å². The SMILES string of the molecule is CCCC(=O)Nc1ccc(O)c(C(=O)C=Cc2ccc(C(=O)O)cc2)c1. The van der Waals surface area contributed by atoms with Gasteiger partial charge in [-0.05, 0) is 48.4 Å². The highest BCUT2D eigenvalue weighted by molar-refractivity contribution is 6.09. The second-order valence-corrected chi connectivity index (χ2v) is 5.65. The topological polar surface area (TPSA) is 104 Å². The molecule has 2 aromatic carbocycles. The number of nitrogens with one attached hydrogen (secondary N) is 1. The number of hydrogen-bond donors (Lipinski definition) is 3. The van der Waals surface area contributed by atoms with Gasteiger partial charge in [-0.3, -0.25) is 9.59 Å². The number of amides is 1. The lowest BCUT2D eigenvalue weighted by Crippen LogP contribution is -2.11. The van der Waals surface area contributed by atoms with Crippen LogP contribution in [0.2, 0.25) is 0 Å². The van der Waals surface area contributed by atoms with Crippen molar-refractivity contribution in [1.29, 1.82) is 0 Å². The Balaban J connectivity index is 2.15. The van der Waals surface area contributed by atoms with E-state index in [0.717, 1.165) is 0 Å². The van der Waals surface area contributed by atoms with Gasteiger partial charge < -0.3 is 15.5 Å². The van der Waals surface area contributed by atoms with Crippen molar-refractivity contribution in [3.63, 3.8) is 0 Å². The van der Waals surface area contributed by atoms with Crippen molar-refractivity contribution in [2.45, 2.75) is 19.8 Å². The minimum Gasteiger partial charge on any atom is -0.507 e. The summed E-state index contributed by atoms with van der Waals surface area (Å²) >= 11 is 0. The zero-order valence-corrected chi connectivity index (χ0v) is 14.2. The second kappa shape index (κ2) is 8.62. The second-order valence-electron chi connectivity index (χ2n) is 5.65. The highest BCUT2D eigenvalue weighted by Crippen LogP contribution is 2.23. The number of allylic oxidation sites excluding steroid dienone is 1. The number of benzene rings is 2. The van der Waals surface area contributed by atoms with Gasteiger partial charge in [0.25, 0.3) is 0 Å². The molecule has 0 bridgehead atoms. The maximum atomic E-state index is 12.3. The zero-order valence-electron chi connectivity index (χ0n) is 14.2.